The highest BCUT2D eigenvalue weighted by Crippen LogP contribution is 2.19. The average molecular weight is 279 g/mol. The second-order valence-electron chi connectivity index (χ2n) is 4.22. The lowest BCUT2D eigenvalue weighted by atomic mass is 10.1. The minimum Gasteiger partial charge on any atom is -0.485 e. The molecule has 0 unspecified atom stereocenters. The van der Waals surface area contributed by atoms with Crippen molar-refractivity contribution in [1.29, 1.82) is 0 Å². The predicted molar refractivity (Wildman–Crippen MR) is 74.7 cm³/mol. The third-order valence-electron chi connectivity index (χ3n) is 2.73. The van der Waals surface area contributed by atoms with Gasteiger partial charge in [0.25, 0.3) is 5.56 Å². The molecule has 1 aromatic heterocycles. The molecule has 1 aromatic carbocycles. The molecule has 19 heavy (non-hydrogen) atoms. The van der Waals surface area contributed by atoms with Crippen molar-refractivity contribution < 1.29 is 4.74 Å². The van der Waals surface area contributed by atoms with Crippen molar-refractivity contribution >= 4 is 11.6 Å². The van der Waals surface area contributed by atoms with Crippen LogP contribution in [0.15, 0.2) is 35.3 Å². The maximum Gasteiger partial charge on any atom is 0.289 e. The number of aromatic nitrogens is 2. The maximum atomic E-state index is 11.8. The van der Waals surface area contributed by atoms with Crippen LogP contribution in [0.3, 0.4) is 0 Å². The lowest BCUT2D eigenvalue weighted by Crippen LogP contribution is -2.22. The Kier molecular flexibility index (Phi) is 4.22. The summed E-state index contributed by atoms with van der Waals surface area (Å²) < 4.78 is 6.84. The SMILES string of the molecule is CCn1ncc(OCc2cccc(C)c2)c(Cl)c1=O. The van der Waals surface area contributed by atoms with E-state index in [0.717, 1.165) is 11.1 Å². The van der Waals surface area contributed by atoms with Crippen LogP contribution in [-0.4, -0.2) is 9.78 Å². The third kappa shape index (κ3) is 3.15. The van der Waals surface area contributed by atoms with Gasteiger partial charge in [0.2, 0.25) is 0 Å². The quantitative estimate of drug-likeness (QED) is 0.864. The van der Waals surface area contributed by atoms with Gasteiger partial charge in [-0.1, -0.05) is 41.4 Å². The Labute approximate surface area is 116 Å². The highest BCUT2D eigenvalue weighted by atomic mass is 35.5. The van der Waals surface area contributed by atoms with Gasteiger partial charge in [0.1, 0.15) is 6.61 Å². The molecular weight excluding hydrogens is 264 g/mol. The van der Waals surface area contributed by atoms with E-state index in [1.165, 1.54) is 10.9 Å². The summed E-state index contributed by atoms with van der Waals surface area (Å²) in [6, 6.07) is 7.96. The van der Waals surface area contributed by atoms with E-state index in [2.05, 4.69) is 5.10 Å². The zero-order valence-corrected chi connectivity index (χ0v) is 11.6. The number of benzene rings is 1. The summed E-state index contributed by atoms with van der Waals surface area (Å²) in [6.45, 7) is 4.69. The van der Waals surface area contributed by atoms with E-state index >= 15 is 0 Å². The van der Waals surface area contributed by atoms with Crippen LogP contribution in [0.5, 0.6) is 5.75 Å². The van der Waals surface area contributed by atoms with E-state index < -0.39 is 0 Å². The predicted octanol–water partition coefficient (Wildman–Crippen LogP) is 2.80. The monoisotopic (exact) mass is 278 g/mol. The van der Waals surface area contributed by atoms with E-state index in [0.29, 0.717) is 18.9 Å². The van der Waals surface area contributed by atoms with E-state index in [4.69, 9.17) is 16.3 Å². The fourth-order valence-electron chi connectivity index (χ4n) is 1.74. The molecule has 2 rings (SSSR count). The summed E-state index contributed by atoms with van der Waals surface area (Å²) in [6.07, 6.45) is 1.48. The fourth-order valence-corrected chi connectivity index (χ4v) is 1.94. The number of ether oxygens (including phenoxy) is 1. The summed E-state index contributed by atoms with van der Waals surface area (Å²) in [4.78, 5) is 11.8. The summed E-state index contributed by atoms with van der Waals surface area (Å²) in [5.41, 5.74) is 1.85. The van der Waals surface area contributed by atoms with Gasteiger partial charge < -0.3 is 4.74 Å². The van der Waals surface area contributed by atoms with Crippen LogP contribution in [-0.2, 0) is 13.2 Å². The number of aryl methyl sites for hydroxylation is 2. The van der Waals surface area contributed by atoms with Crippen molar-refractivity contribution in [3.8, 4) is 5.75 Å². The van der Waals surface area contributed by atoms with E-state index in [1.54, 1.807) is 0 Å². The van der Waals surface area contributed by atoms with Crippen molar-refractivity contribution in [2.75, 3.05) is 0 Å². The molecule has 0 N–H and O–H groups in total. The van der Waals surface area contributed by atoms with Crippen LogP contribution in [0.25, 0.3) is 0 Å². The first-order valence-electron chi connectivity index (χ1n) is 6.05. The first-order valence-corrected chi connectivity index (χ1v) is 6.43. The van der Waals surface area contributed by atoms with Crippen LogP contribution in [0.4, 0.5) is 0 Å². The standard InChI is InChI=1S/C14H15ClN2O2/c1-3-17-14(18)13(15)12(8-16-17)19-9-11-6-4-5-10(2)7-11/h4-8H,3,9H2,1-2H3. The molecule has 0 spiro atoms. The number of hydrogen-bond donors (Lipinski definition) is 0. The maximum absolute atomic E-state index is 11.8. The molecule has 0 atom stereocenters. The number of nitrogens with zero attached hydrogens (tertiary/aromatic N) is 2. The first-order chi connectivity index (χ1) is 9.11. The van der Waals surface area contributed by atoms with Crippen molar-refractivity contribution in [2.24, 2.45) is 0 Å². The molecule has 5 heteroatoms. The Morgan fingerprint density at radius 3 is 2.89 bits per heavy atom. The molecular formula is C14H15ClN2O2. The zero-order valence-electron chi connectivity index (χ0n) is 10.9. The Bertz CT molecular complexity index is 638. The van der Waals surface area contributed by atoms with Crippen LogP contribution < -0.4 is 10.3 Å². The van der Waals surface area contributed by atoms with Crippen molar-refractivity contribution in [3.63, 3.8) is 0 Å². The van der Waals surface area contributed by atoms with Crippen LogP contribution >= 0.6 is 11.6 Å². The molecule has 0 saturated heterocycles. The molecule has 4 nitrogen and oxygen atoms in total. The van der Waals surface area contributed by atoms with Gasteiger partial charge in [-0.15, -0.1) is 0 Å². The zero-order chi connectivity index (χ0) is 13.8. The van der Waals surface area contributed by atoms with Crippen molar-refractivity contribution in [3.05, 3.63) is 57.0 Å². The fraction of sp³-hybridized carbons (Fsp3) is 0.286. The lowest BCUT2D eigenvalue weighted by Gasteiger charge is -2.09. The normalized spacial score (nSPS) is 10.5. The van der Waals surface area contributed by atoms with Gasteiger partial charge in [-0.3, -0.25) is 4.79 Å². The van der Waals surface area contributed by atoms with E-state index in [-0.39, 0.29) is 10.6 Å². The minimum absolute atomic E-state index is 0.0736. The summed E-state index contributed by atoms with van der Waals surface area (Å²) in [5.74, 6) is 0.317. The van der Waals surface area contributed by atoms with Gasteiger partial charge >= 0.3 is 0 Å². The van der Waals surface area contributed by atoms with Gasteiger partial charge in [0.05, 0.1) is 6.20 Å². The Balaban J connectivity index is 2.16. The average Bonchev–Trinajstić information content (AvgIpc) is 2.41. The molecule has 0 bridgehead atoms. The topological polar surface area (TPSA) is 44.1 Å². The second-order valence-corrected chi connectivity index (χ2v) is 4.60. The van der Waals surface area contributed by atoms with Gasteiger partial charge in [0, 0.05) is 6.54 Å². The third-order valence-corrected chi connectivity index (χ3v) is 3.08. The molecule has 100 valence electrons. The molecule has 0 radical (unpaired) electrons. The molecule has 0 saturated carbocycles. The molecule has 2 aromatic rings. The van der Waals surface area contributed by atoms with E-state index in [9.17, 15) is 4.79 Å². The van der Waals surface area contributed by atoms with Gasteiger partial charge in [-0.2, -0.15) is 5.10 Å². The number of rotatable bonds is 4. The Morgan fingerprint density at radius 1 is 1.42 bits per heavy atom. The Hall–Kier alpha value is -1.81. The summed E-state index contributed by atoms with van der Waals surface area (Å²) in [7, 11) is 0. The number of halogens is 1. The highest BCUT2D eigenvalue weighted by Gasteiger charge is 2.09. The lowest BCUT2D eigenvalue weighted by molar-refractivity contribution is 0.302. The molecule has 0 amide bonds. The largest absolute Gasteiger partial charge is 0.485 e. The minimum atomic E-state index is -0.328. The van der Waals surface area contributed by atoms with Gasteiger partial charge in [0.15, 0.2) is 10.8 Å². The number of hydrogen-bond acceptors (Lipinski definition) is 3. The summed E-state index contributed by atoms with van der Waals surface area (Å²) in [5, 5.41) is 4.06. The summed E-state index contributed by atoms with van der Waals surface area (Å²) >= 11 is 5.98. The highest BCUT2D eigenvalue weighted by molar-refractivity contribution is 6.31. The molecule has 0 aliphatic heterocycles. The van der Waals surface area contributed by atoms with Crippen molar-refractivity contribution in [1.82, 2.24) is 9.78 Å². The van der Waals surface area contributed by atoms with Crippen LogP contribution in [0, 0.1) is 6.92 Å². The second kappa shape index (κ2) is 5.89. The van der Waals surface area contributed by atoms with Crippen LogP contribution in [0.2, 0.25) is 5.02 Å². The molecule has 0 aliphatic rings. The molecule has 0 fully saturated rings. The van der Waals surface area contributed by atoms with Crippen molar-refractivity contribution in [2.45, 2.75) is 27.0 Å². The van der Waals surface area contributed by atoms with E-state index in [1.807, 2.05) is 38.1 Å². The Morgan fingerprint density at radius 2 is 2.21 bits per heavy atom. The van der Waals surface area contributed by atoms with Crippen LogP contribution in [0.1, 0.15) is 18.1 Å². The molecule has 1 heterocycles. The molecule has 0 aliphatic carbocycles. The van der Waals surface area contributed by atoms with Gasteiger partial charge in [-0.05, 0) is 19.4 Å². The first kappa shape index (κ1) is 13.6. The van der Waals surface area contributed by atoms with Gasteiger partial charge in [-0.25, -0.2) is 4.68 Å². The smallest absolute Gasteiger partial charge is 0.289 e.